The number of rotatable bonds is 4. The van der Waals surface area contributed by atoms with Crippen LogP contribution in [0.5, 0.6) is 0 Å². The summed E-state index contributed by atoms with van der Waals surface area (Å²) < 4.78 is 2.02. The average molecular weight is 245 g/mol. The molecule has 2 heterocycles. The Hall–Kier alpha value is -1.91. The van der Waals surface area contributed by atoms with Crippen molar-refractivity contribution >= 4 is 5.95 Å². The summed E-state index contributed by atoms with van der Waals surface area (Å²) in [4.78, 5) is 13.0. The lowest BCUT2D eigenvalue weighted by molar-refractivity contribution is 0.504. The fourth-order valence-electron chi connectivity index (χ4n) is 1.86. The molecule has 2 aromatic heterocycles. The van der Waals surface area contributed by atoms with Crippen LogP contribution in [0.1, 0.15) is 31.4 Å². The van der Waals surface area contributed by atoms with Crippen molar-refractivity contribution in [1.29, 1.82) is 0 Å². The lowest BCUT2D eigenvalue weighted by atomic mass is 10.0. The van der Waals surface area contributed by atoms with Crippen molar-refractivity contribution < 1.29 is 0 Å². The van der Waals surface area contributed by atoms with E-state index in [1.165, 1.54) is 0 Å². The second kappa shape index (κ2) is 5.16. The summed E-state index contributed by atoms with van der Waals surface area (Å²) >= 11 is 0. The number of hydrogen-bond donors (Lipinski definition) is 1. The largest absolute Gasteiger partial charge is 0.344 e. The molecular formula is C13H19N5. The SMILES string of the molecule is Cc1ccnc(NC(c2nccn2C)C(C)C)n1. The van der Waals surface area contributed by atoms with Crippen molar-refractivity contribution in [3.63, 3.8) is 0 Å². The van der Waals surface area contributed by atoms with Crippen LogP contribution in [-0.4, -0.2) is 19.5 Å². The van der Waals surface area contributed by atoms with E-state index in [-0.39, 0.29) is 6.04 Å². The zero-order valence-corrected chi connectivity index (χ0v) is 11.3. The van der Waals surface area contributed by atoms with E-state index < -0.39 is 0 Å². The maximum Gasteiger partial charge on any atom is 0.223 e. The molecule has 5 nitrogen and oxygen atoms in total. The third kappa shape index (κ3) is 2.67. The summed E-state index contributed by atoms with van der Waals surface area (Å²) in [6.45, 7) is 6.27. The van der Waals surface area contributed by atoms with Crippen LogP contribution < -0.4 is 5.32 Å². The van der Waals surface area contributed by atoms with Gasteiger partial charge in [-0.2, -0.15) is 0 Å². The van der Waals surface area contributed by atoms with Gasteiger partial charge in [0.15, 0.2) is 0 Å². The molecule has 0 radical (unpaired) electrons. The normalized spacial score (nSPS) is 12.7. The van der Waals surface area contributed by atoms with Gasteiger partial charge in [-0.25, -0.2) is 15.0 Å². The molecule has 2 aromatic rings. The molecule has 0 fully saturated rings. The number of anilines is 1. The Kier molecular flexibility index (Phi) is 3.60. The van der Waals surface area contributed by atoms with Crippen LogP contribution in [0, 0.1) is 12.8 Å². The van der Waals surface area contributed by atoms with E-state index in [9.17, 15) is 0 Å². The van der Waals surface area contributed by atoms with E-state index in [0.717, 1.165) is 11.5 Å². The first-order chi connectivity index (χ1) is 8.58. The van der Waals surface area contributed by atoms with Gasteiger partial charge in [-0.3, -0.25) is 0 Å². The molecule has 0 amide bonds. The first-order valence-electron chi connectivity index (χ1n) is 6.11. The standard InChI is InChI=1S/C13H19N5/c1-9(2)11(12-14-7-8-18(12)4)17-13-15-6-5-10(3)16-13/h5-9,11H,1-4H3,(H,15,16,17). The second-order valence-electron chi connectivity index (χ2n) is 4.78. The van der Waals surface area contributed by atoms with Gasteiger partial charge in [0.25, 0.3) is 0 Å². The van der Waals surface area contributed by atoms with Crippen molar-refractivity contribution in [2.45, 2.75) is 26.8 Å². The van der Waals surface area contributed by atoms with Crippen molar-refractivity contribution in [2.75, 3.05) is 5.32 Å². The number of hydrogen-bond acceptors (Lipinski definition) is 4. The van der Waals surface area contributed by atoms with E-state index in [0.29, 0.717) is 11.9 Å². The highest BCUT2D eigenvalue weighted by Crippen LogP contribution is 2.23. The van der Waals surface area contributed by atoms with Crippen LogP contribution in [-0.2, 0) is 7.05 Å². The first-order valence-corrected chi connectivity index (χ1v) is 6.11. The zero-order valence-electron chi connectivity index (χ0n) is 11.3. The molecule has 0 aromatic carbocycles. The summed E-state index contributed by atoms with van der Waals surface area (Å²) in [5.41, 5.74) is 0.954. The van der Waals surface area contributed by atoms with Crippen molar-refractivity contribution in [3.05, 3.63) is 36.2 Å². The summed E-state index contributed by atoms with van der Waals surface area (Å²) in [5.74, 6) is 2.04. The Morgan fingerprint density at radius 2 is 2.00 bits per heavy atom. The predicted octanol–water partition coefficient (Wildman–Crippen LogP) is 2.33. The van der Waals surface area contributed by atoms with Gasteiger partial charge in [0, 0.05) is 31.3 Å². The fraction of sp³-hybridized carbons (Fsp3) is 0.462. The Labute approximate surface area is 107 Å². The molecule has 1 N–H and O–H groups in total. The molecule has 0 saturated carbocycles. The smallest absolute Gasteiger partial charge is 0.223 e. The third-order valence-corrected chi connectivity index (χ3v) is 2.88. The highest BCUT2D eigenvalue weighted by Gasteiger charge is 2.20. The molecular weight excluding hydrogens is 226 g/mol. The molecule has 5 heteroatoms. The molecule has 1 unspecified atom stereocenters. The molecule has 0 aliphatic rings. The summed E-state index contributed by atoms with van der Waals surface area (Å²) in [6.07, 6.45) is 5.52. The quantitative estimate of drug-likeness (QED) is 0.898. The highest BCUT2D eigenvalue weighted by atomic mass is 15.2. The molecule has 1 atom stereocenters. The maximum atomic E-state index is 4.40. The monoisotopic (exact) mass is 245 g/mol. The second-order valence-corrected chi connectivity index (χ2v) is 4.78. The molecule has 0 saturated heterocycles. The number of nitrogens with one attached hydrogen (secondary N) is 1. The van der Waals surface area contributed by atoms with Crippen LogP contribution in [0.4, 0.5) is 5.95 Å². The van der Waals surface area contributed by atoms with Crippen LogP contribution in [0.15, 0.2) is 24.7 Å². The molecule has 2 rings (SSSR count). The molecule has 96 valence electrons. The Balaban J connectivity index is 2.25. The zero-order chi connectivity index (χ0) is 13.1. The van der Waals surface area contributed by atoms with E-state index in [1.54, 1.807) is 6.20 Å². The van der Waals surface area contributed by atoms with E-state index >= 15 is 0 Å². The van der Waals surface area contributed by atoms with Crippen LogP contribution in [0.2, 0.25) is 0 Å². The lowest BCUT2D eigenvalue weighted by Gasteiger charge is -2.22. The molecule has 0 spiro atoms. The maximum absolute atomic E-state index is 4.40. The van der Waals surface area contributed by atoms with Crippen molar-refractivity contribution in [2.24, 2.45) is 13.0 Å². The topological polar surface area (TPSA) is 55.6 Å². The van der Waals surface area contributed by atoms with Crippen molar-refractivity contribution in [3.8, 4) is 0 Å². The minimum Gasteiger partial charge on any atom is -0.344 e. The first kappa shape index (κ1) is 12.5. The van der Waals surface area contributed by atoms with Gasteiger partial charge in [0.2, 0.25) is 5.95 Å². The Morgan fingerprint density at radius 3 is 2.56 bits per heavy atom. The van der Waals surface area contributed by atoms with Gasteiger partial charge in [-0.15, -0.1) is 0 Å². The predicted molar refractivity (Wildman–Crippen MR) is 71.2 cm³/mol. The molecule has 18 heavy (non-hydrogen) atoms. The summed E-state index contributed by atoms with van der Waals surface area (Å²) in [5, 5.41) is 3.36. The van der Waals surface area contributed by atoms with Gasteiger partial charge in [0.05, 0.1) is 6.04 Å². The summed E-state index contributed by atoms with van der Waals surface area (Å²) in [6, 6.07) is 1.99. The fourth-order valence-corrected chi connectivity index (χ4v) is 1.86. The Bertz CT molecular complexity index is 518. The van der Waals surface area contributed by atoms with Gasteiger partial charge in [0.1, 0.15) is 5.82 Å². The van der Waals surface area contributed by atoms with Gasteiger partial charge < -0.3 is 9.88 Å². The van der Waals surface area contributed by atoms with E-state index in [4.69, 9.17) is 0 Å². The number of aromatic nitrogens is 4. The number of aryl methyl sites for hydroxylation is 2. The summed E-state index contributed by atoms with van der Waals surface area (Å²) in [7, 11) is 2.00. The van der Waals surface area contributed by atoms with Crippen molar-refractivity contribution in [1.82, 2.24) is 19.5 Å². The van der Waals surface area contributed by atoms with Gasteiger partial charge in [-0.1, -0.05) is 13.8 Å². The Morgan fingerprint density at radius 1 is 1.22 bits per heavy atom. The van der Waals surface area contributed by atoms with Crippen LogP contribution >= 0.6 is 0 Å². The lowest BCUT2D eigenvalue weighted by Crippen LogP contribution is -2.21. The number of imidazole rings is 1. The van der Waals surface area contributed by atoms with E-state index in [2.05, 4.69) is 34.1 Å². The van der Waals surface area contributed by atoms with E-state index in [1.807, 2.05) is 37.0 Å². The minimum atomic E-state index is 0.104. The van der Waals surface area contributed by atoms with Crippen LogP contribution in [0.25, 0.3) is 0 Å². The molecule has 0 aliphatic heterocycles. The minimum absolute atomic E-state index is 0.104. The highest BCUT2D eigenvalue weighted by molar-refractivity contribution is 5.28. The third-order valence-electron chi connectivity index (χ3n) is 2.88. The molecule has 0 bridgehead atoms. The van der Waals surface area contributed by atoms with Crippen LogP contribution in [0.3, 0.4) is 0 Å². The molecule has 0 aliphatic carbocycles. The average Bonchev–Trinajstić information content (AvgIpc) is 2.72. The van der Waals surface area contributed by atoms with Gasteiger partial charge >= 0.3 is 0 Å². The van der Waals surface area contributed by atoms with Gasteiger partial charge in [-0.05, 0) is 18.9 Å². The number of nitrogens with zero attached hydrogens (tertiary/aromatic N) is 4.